The van der Waals surface area contributed by atoms with E-state index in [2.05, 4.69) is 19.9 Å². The second kappa shape index (κ2) is 5.92. The van der Waals surface area contributed by atoms with Crippen molar-refractivity contribution in [2.45, 2.75) is 25.6 Å². The predicted octanol–water partition coefficient (Wildman–Crippen LogP) is 5.34. The Bertz CT molecular complexity index is 520. The summed E-state index contributed by atoms with van der Waals surface area (Å²) in [5.74, 6) is 2.63. The van der Waals surface area contributed by atoms with Crippen LogP contribution in [0.4, 0.5) is 0 Å². The molecule has 0 radical (unpaired) electrons. The van der Waals surface area contributed by atoms with E-state index in [4.69, 9.17) is 16.3 Å². The van der Waals surface area contributed by atoms with E-state index >= 15 is 0 Å². The summed E-state index contributed by atoms with van der Waals surface area (Å²) in [5, 5.41) is 0. The summed E-state index contributed by atoms with van der Waals surface area (Å²) in [5.41, 5.74) is 2.22. The topological polar surface area (TPSA) is 9.23 Å². The summed E-state index contributed by atoms with van der Waals surface area (Å²) in [6.45, 7) is 4.32. The van der Waals surface area contributed by atoms with Crippen LogP contribution in [0.2, 0.25) is 0 Å². The number of hydrogen-bond acceptors (Lipinski definition) is 1. The minimum atomic E-state index is 0.435. The van der Waals surface area contributed by atoms with Gasteiger partial charge in [0.15, 0.2) is 0 Å². The Morgan fingerprint density at radius 1 is 0.944 bits per heavy atom. The molecule has 0 N–H and O–H groups in total. The van der Waals surface area contributed by atoms with Crippen molar-refractivity contribution in [3.8, 4) is 11.5 Å². The van der Waals surface area contributed by atoms with Gasteiger partial charge in [0.2, 0.25) is 0 Å². The van der Waals surface area contributed by atoms with Gasteiger partial charge in [-0.3, -0.25) is 0 Å². The first kappa shape index (κ1) is 13.0. The zero-order chi connectivity index (χ0) is 13.0. The van der Waals surface area contributed by atoms with Gasteiger partial charge in [0.25, 0.3) is 0 Å². The van der Waals surface area contributed by atoms with Gasteiger partial charge in [0.05, 0.1) is 5.88 Å². The van der Waals surface area contributed by atoms with Crippen LogP contribution < -0.4 is 4.74 Å². The van der Waals surface area contributed by atoms with Crippen LogP contribution in [0.3, 0.4) is 0 Å². The first-order chi connectivity index (χ1) is 8.72. The Hall–Kier alpha value is -1.47. The van der Waals surface area contributed by atoms with E-state index in [1.165, 1.54) is 5.56 Å². The first-order valence-corrected chi connectivity index (χ1v) is 6.66. The number of para-hydroxylation sites is 2. The van der Waals surface area contributed by atoms with Crippen LogP contribution >= 0.6 is 11.6 Å². The van der Waals surface area contributed by atoms with Gasteiger partial charge in [-0.2, -0.15) is 0 Å². The molecule has 0 spiro atoms. The third kappa shape index (κ3) is 2.85. The van der Waals surface area contributed by atoms with Crippen molar-refractivity contribution in [3.05, 3.63) is 59.7 Å². The molecule has 0 bridgehead atoms. The Balaban J connectivity index is 2.34. The van der Waals surface area contributed by atoms with Gasteiger partial charge in [-0.25, -0.2) is 0 Å². The molecule has 0 unspecified atom stereocenters. The highest BCUT2D eigenvalue weighted by molar-refractivity contribution is 6.17. The van der Waals surface area contributed by atoms with Crippen molar-refractivity contribution in [1.82, 2.24) is 0 Å². The molecule has 0 saturated carbocycles. The van der Waals surface area contributed by atoms with E-state index in [0.717, 1.165) is 17.1 Å². The molecule has 0 amide bonds. The van der Waals surface area contributed by atoms with Gasteiger partial charge >= 0.3 is 0 Å². The van der Waals surface area contributed by atoms with Crippen molar-refractivity contribution in [2.24, 2.45) is 0 Å². The maximum absolute atomic E-state index is 6.01. The minimum absolute atomic E-state index is 0.435. The molecular formula is C16H17ClO. The Kier molecular flexibility index (Phi) is 4.27. The summed E-state index contributed by atoms with van der Waals surface area (Å²) in [4.78, 5) is 0. The van der Waals surface area contributed by atoms with E-state index in [1.807, 2.05) is 42.5 Å². The van der Waals surface area contributed by atoms with E-state index in [0.29, 0.717) is 11.8 Å². The Morgan fingerprint density at radius 3 is 2.22 bits per heavy atom. The molecule has 2 heteroatoms. The summed E-state index contributed by atoms with van der Waals surface area (Å²) in [6.07, 6.45) is 0. The zero-order valence-corrected chi connectivity index (χ0v) is 11.4. The minimum Gasteiger partial charge on any atom is -0.457 e. The fraction of sp³-hybridized carbons (Fsp3) is 0.250. The third-order valence-corrected chi connectivity index (χ3v) is 3.17. The lowest BCUT2D eigenvalue weighted by molar-refractivity contribution is 0.469. The molecule has 0 aromatic heterocycles. The molecule has 0 heterocycles. The fourth-order valence-corrected chi connectivity index (χ4v) is 2.10. The van der Waals surface area contributed by atoms with Crippen molar-refractivity contribution >= 4 is 11.6 Å². The van der Waals surface area contributed by atoms with E-state index in [9.17, 15) is 0 Å². The second-order valence-electron chi connectivity index (χ2n) is 4.54. The zero-order valence-electron chi connectivity index (χ0n) is 10.7. The molecular weight excluding hydrogens is 244 g/mol. The summed E-state index contributed by atoms with van der Waals surface area (Å²) in [7, 11) is 0. The summed E-state index contributed by atoms with van der Waals surface area (Å²) < 4.78 is 6.01. The SMILES string of the molecule is CC(C)c1ccccc1Oc1ccccc1CCl. The number of ether oxygens (including phenoxy) is 1. The lowest BCUT2D eigenvalue weighted by Gasteiger charge is -2.15. The number of halogens is 1. The highest BCUT2D eigenvalue weighted by Crippen LogP contribution is 2.32. The largest absolute Gasteiger partial charge is 0.457 e. The second-order valence-corrected chi connectivity index (χ2v) is 4.80. The lowest BCUT2D eigenvalue weighted by atomic mass is 10.0. The highest BCUT2D eigenvalue weighted by Gasteiger charge is 2.09. The maximum atomic E-state index is 6.01. The molecule has 0 saturated heterocycles. The number of rotatable bonds is 4. The van der Waals surface area contributed by atoms with Gasteiger partial charge in [-0.15, -0.1) is 11.6 Å². The summed E-state index contributed by atoms with van der Waals surface area (Å²) in [6, 6.07) is 16.0. The van der Waals surface area contributed by atoms with Crippen molar-refractivity contribution in [1.29, 1.82) is 0 Å². The van der Waals surface area contributed by atoms with Gasteiger partial charge < -0.3 is 4.74 Å². The number of benzene rings is 2. The molecule has 0 aliphatic heterocycles. The molecule has 0 aliphatic rings. The molecule has 0 atom stereocenters. The van der Waals surface area contributed by atoms with Gasteiger partial charge in [0.1, 0.15) is 11.5 Å². The molecule has 0 aliphatic carbocycles. The fourth-order valence-electron chi connectivity index (χ4n) is 1.88. The quantitative estimate of drug-likeness (QED) is 0.674. The Morgan fingerprint density at radius 2 is 1.56 bits per heavy atom. The van der Waals surface area contributed by atoms with Gasteiger partial charge in [0, 0.05) is 5.56 Å². The van der Waals surface area contributed by atoms with Crippen molar-refractivity contribution < 1.29 is 4.74 Å². The molecule has 0 fully saturated rings. The van der Waals surface area contributed by atoms with Crippen molar-refractivity contribution in [3.63, 3.8) is 0 Å². The molecule has 2 aromatic carbocycles. The van der Waals surface area contributed by atoms with Crippen LogP contribution in [0.15, 0.2) is 48.5 Å². The maximum Gasteiger partial charge on any atom is 0.131 e. The van der Waals surface area contributed by atoms with E-state index in [1.54, 1.807) is 0 Å². The predicted molar refractivity (Wildman–Crippen MR) is 76.6 cm³/mol. The number of hydrogen-bond donors (Lipinski definition) is 0. The smallest absolute Gasteiger partial charge is 0.131 e. The van der Waals surface area contributed by atoms with Crippen LogP contribution in [0, 0.1) is 0 Å². The van der Waals surface area contributed by atoms with Crippen LogP contribution in [0.5, 0.6) is 11.5 Å². The third-order valence-electron chi connectivity index (χ3n) is 2.88. The standard InChI is InChI=1S/C16H17ClO/c1-12(2)14-8-4-6-10-16(14)18-15-9-5-3-7-13(15)11-17/h3-10,12H,11H2,1-2H3. The van der Waals surface area contributed by atoms with Crippen LogP contribution in [-0.4, -0.2) is 0 Å². The van der Waals surface area contributed by atoms with E-state index in [-0.39, 0.29) is 0 Å². The normalized spacial score (nSPS) is 10.7. The van der Waals surface area contributed by atoms with Gasteiger partial charge in [-0.1, -0.05) is 50.2 Å². The van der Waals surface area contributed by atoms with E-state index < -0.39 is 0 Å². The van der Waals surface area contributed by atoms with Crippen LogP contribution in [-0.2, 0) is 5.88 Å². The van der Waals surface area contributed by atoms with Crippen LogP contribution in [0.25, 0.3) is 0 Å². The number of alkyl halides is 1. The monoisotopic (exact) mass is 260 g/mol. The molecule has 94 valence electrons. The van der Waals surface area contributed by atoms with Crippen molar-refractivity contribution in [2.75, 3.05) is 0 Å². The van der Waals surface area contributed by atoms with Crippen LogP contribution in [0.1, 0.15) is 30.9 Å². The summed E-state index contributed by atoms with van der Waals surface area (Å²) >= 11 is 5.92. The molecule has 1 nitrogen and oxygen atoms in total. The highest BCUT2D eigenvalue weighted by atomic mass is 35.5. The lowest BCUT2D eigenvalue weighted by Crippen LogP contribution is -1.95. The average Bonchev–Trinajstić information content (AvgIpc) is 2.40. The molecule has 2 rings (SSSR count). The van der Waals surface area contributed by atoms with Gasteiger partial charge in [-0.05, 0) is 23.6 Å². The molecule has 18 heavy (non-hydrogen) atoms. The first-order valence-electron chi connectivity index (χ1n) is 6.13. The average molecular weight is 261 g/mol. The Labute approximate surface area is 113 Å². The molecule has 2 aromatic rings.